The van der Waals surface area contributed by atoms with Gasteiger partial charge in [0.05, 0.1) is 0 Å². The van der Waals surface area contributed by atoms with Crippen LogP contribution in [-0.2, 0) is 7.05 Å². The molecule has 1 aliphatic heterocycles. The first-order chi connectivity index (χ1) is 10.1. The predicted molar refractivity (Wildman–Crippen MR) is 92.7 cm³/mol. The van der Waals surface area contributed by atoms with E-state index in [0.29, 0.717) is 0 Å². The summed E-state index contributed by atoms with van der Waals surface area (Å²) in [5.74, 6) is 1.06. The average molecular weight is 386 g/mol. The van der Waals surface area contributed by atoms with E-state index in [1.165, 1.54) is 0 Å². The van der Waals surface area contributed by atoms with E-state index in [4.69, 9.17) is 0 Å². The quantitative estimate of drug-likeness (QED) is 0.798. The van der Waals surface area contributed by atoms with Gasteiger partial charge in [-0.25, -0.2) is 4.98 Å². The summed E-state index contributed by atoms with van der Waals surface area (Å²) in [6, 6.07) is 7.54. The summed E-state index contributed by atoms with van der Waals surface area (Å²) in [5.41, 5.74) is 0.731. The van der Waals surface area contributed by atoms with Crippen LogP contribution in [0.3, 0.4) is 0 Å². The Morgan fingerprint density at radius 2 is 1.95 bits per heavy atom. The lowest BCUT2D eigenvalue weighted by atomic mass is 10.2. The van der Waals surface area contributed by atoms with Gasteiger partial charge in [0, 0.05) is 55.7 Å². The zero-order valence-electron chi connectivity index (χ0n) is 12.3. The summed E-state index contributed by atoms with van der Waals surface area (Å²) in [6.45, 7) is 3.06. The van der Waals surface area contributed by atoms with Gasteiger partial charge in [-0.05, 0) is 18.2 Å². The molecule has 22 heavy (non-hydrogen) atoms. The topological polar surface area (TPSA) is 41.4 Å². The number of imidazole rings is 1. The lowest BCUT2D eigenvalue weighted by molar-refractivity contribution is 0.0746. The van der Waals surface area contributed by atoms with Crippen LogP contribution >= 0.6 is 28.3 Å². The summed E-state index contributed by atoms with van der Waals surface area (Å²) in [6.07, 6.45) is 3.74. The first kappa shape index (κ1) is 16.8. The van der Waals surface area contributed by atoms with Crippen molar-refractivity contribution in [3.8, 4) is 0 Å². The Bertz CT molecular complexity index is 652. The zero-order valence-corrected chi connectivity index (χ0v) is 14.7. The molecule has 1 fully saturated rings. The van der Waals surface area contributed by atoms with E-state index in [2.05, 4.69) is 25.8 Å². The van der Waals surface area contributed by atoms with Crippen molar-refractivity contribution in [2.24, 2.45) is 7.05 Å². The molecule has 1 saturated heterocycles. The maximum Gasteiger partial charge on any atom is 0.254 e. The van der Waals surface area contributed by atoms with E-state index in [1.54, 1.807) is 6.20 Å². The highest BCUT2D eigenvalue weighted by Crippen LogP contribution is 2.17. The van der Waals surface area contributed by atoms with Crippen molar-refractivity contribution in [1.29, 1.82) is 0 Å². The summed E-state index contributed by atoms with van der Waals surface area (Å²) >= 11 is 3.41. The van der Waals surface area contributed by atoms with Crippen molar-refractivity contribution in [2.75, 3.05) is 31.1 Å². The summed E-state index contributed by atoms with van der Waals surface area (Å²) in [5, 5.41) is 0. The number of carbonyl (C=O) groups is 1. The van der Waals surface area contributed by atoms with E-state index >= 15 is 0 Å². The SMILES string of the molecule is Cl.Cn1ccnc1N1CCN(C(=O)c2cccc(Br)c2)CC1. The highest BCUT2D eigenvalue weighted by atomic mass is 79.9. The number of rotatable bonds is 2. The molecule has 118 valence electrons. The standard InChI is InChI=1S/C15H17BrN4O.ClH/c1-18-6-5-17-15(18)20-9-7-19(8-10-20)14(21)12-3-2-4-13(16)11-12;/h2-6,11H,7-10H2,1H3;1H. The molecule has 5 nitrogen and oxygen atoms in total. The van der Waals surface area contributed by atoms with Crippen molar-refractivity contribution >= 4 is 40.2 Å². The predicted octanol–water partition coefficient (Wildman–Crippen LogP) is 2.57. The minimum Gasteiger partial charge on any atom is -0.339 e. The Morgan fingerprint density at radius 1 is 1.23 bits per heavy atom. The molecular formula is C15H18BrClN4O. The summed E-state index contributed by atoms with van der Waals surface area (Å²) < 4.78 is 2.94. The van der Waals surface area contributed by atoms with Crippen LogP contribution in [0, 0.1) is 0 Å². The Hall–Kier alpha value is -1.53. The summed E-state index contributed by atoms with van der Waals surface area (Å²) in [4.78, 5) is 21.0. The average Bonchev–Trinajstić information content (AvgIpc) is 2.93. The van der Waals surface area contributed by atoms with Gasteiger partial charge in [-0.3, -0.25) is 4.79 Å². The number of carbonyl (C=O) groups excluding carboxylic acids is 1. The fraction of sp³-hybridized carbons (Fsp3) is 0.333. The van der Waals surface area contributed by atoms with Gasteiger partial charge in [-0.1, -0.05) is 22.0 Å². The van der Waals surface area contributed by atoms with E-state index in [9.17, 15) is 4.79 Å². The number of hydrogen-bond acceptors (Lipinski definition) is 3. The van der Waals surface area contributed by atoms with Crippen molar-refractivity contribution < 1.29 is 4.79 Å². The molecule has 2 heterocycles. The van der Waals surface area contributed by atoms with Gasteiger partial charge in [0.15, 0.2) is 0 Å². The van der Waals surface area contributed by atoms with Gasteiger partial charge in [-0.2, -0.15) is 0 Å². The van der Waals surface area contributed by atoms with Gasteiger partial charge >= 0.3 is 0 Å². The van der Waals surface area contributed by atoms with E-state index < -0.39 is 0 Å². The molecule has 3 rings (SSSR count). The molecule has 1 aliphatic rings. The van der Waals surface area contributed by atoms with Crippen LogP contribution in [0.5, 0.6) is 0 Å². The Morgan fingerprint density at radius 3 is 2.55 bits per heavy atom. The number of nitrogens with zero attached hydrogens (tertiary/aromatic N) is 4. The Kier molecular flexibility index (Phi) is 5.47. The zero-order chi connectivity index (χ0) is 14.8. The maximum absolute atomic E-state index is 12.5. The second-order valence-electron chi connectivity index (χ2n) is 5.13. The van der Waals surface area contributed by atoms with Gasteiger partial charge in [0.2, 0.25) is 5.95 Å². The molecule has 2 aromatic rings. The van der Waals surface area contributed by atoms with Gasteiger partial charge in [0.1, 0.15) is 0 Å². The third-order valence-corrected chi connectivity index (χ3v) is 4.21. The van der Waals surface area contributed by atoms with E-state index in [-0.39, 0.29) is 18.3 Å². The number of aromatic nitrogens is 2. The lowest BCUT2D eigenvalue weighted by Gasteiger charge is -2.35. The minimum atomic E-state index is 0. The first-order valence-electron chi connectivity index (χ1n) is 6.92. The normalized spacial score (nSPS) is 14.6. The van der Waals surface area contributed by atoms with Crippen LogP contribution in [0.15, 0.2) is 41.1 Å². The molecule has 0 saturated carbocycles. The smallest absolute Gasteiger partial charge is 0.254 e. The number of piperazine rings is 1. The highest BCUT2D eigenvalue weighted by molar-refractivity contribution is 9.10. The Labute approximate surface area is 144 Å². The van der Waals surface area contributed by atoms with Crippen LogP contribution < -0.4 is 4.90 Å². The van der Waals surface area contributed by atoms with Crippen molar-refractivity contribution in [2.45, 2.75) is 0 Å². The molecular weight excluding hydrogens is 368 g/mol. The lowest BCUT2D eigenvalue weighted by Crippen LogP contribution is -2.49. The largest absolute Gasteiger partial charge is 0.339 e. The second kappa shape index (κ2) is 7.15. The maximum atomic E-state index is 12.5. The van der Waals surface area contributed by atoms with Crippen LogP contribution in [0.25, 0.3) is 0 Å². The van der Waals surface area contributed by atoms with Gasteiger partial charge in [-0.15, -0.1) is 12.4 Å². The van der Waals surface area contributed by atoms with Crippen LogP contribution in [0.1, 0.15) is 10.4 Å². The molecule has 0 bridgehead atoms. The third kappa shape index (κ3) is 3.44. The molecule has 0 N–H and O–H groups in total. The number of aryl methyl sites for hydroxylation is 1. The van der Waals surface area contributed by atoms with Crippen molar-refractivity contribution in [3.63, 3.8) is 0 Å². The van der Waals surface area contributed by atoms with Crippen molar-refractivity contribution in [3.05, 3.63) is 46.7 Å². The Balaban J connectivity index is 0.00000176. The molecule has 0 atom stereocenters. The molecule has 7 heteroatoms. The number of anilines is 1. The molecule has 0 radical (unpaired) electrons. The number of hydrogen-bond donors (Lipinski definition) is 0. The van der Waals surface area contributed by atoms with Crippen LogP contribution in [0.4, 0.5) is 5.95 Å². The second-order valence-corrected chi connectivity index (χ2v) is 6.04. The molecule has 1 aromatic heterocycles. The molecule has 0 spiro atoms. The summed E-state index contributed by atoms with van der Waals surface area (Å²) in [7, 11) is 1.99. The monoisotopic (exact) mass is 384 g/mol. The van der Waals surface area contributed by atoms with Gasteiger partial charge < -0.3 is 14.4 Å². The van der Waals surface area contributed by atoms with E-state index in [1.807, 2.05) is 47.0 Å². The van der Waals surface area contributed by atoms with Crippen LogP contribution in [-0.4, -0.2) is 46.5 Å². The molecule has 0 unspecified atom stereocenters. The van der Waals surface area contributed by atoms with Gasteiger partial charge in [0.25, 0.3) is 5.91 Å². The number of benzene rings is 1. The number of halogens is 2. The molecule has 1 aromatic carbocycles. The molecule has 1 amide bonds. The first-order valence-corrected chi connectivity index (χ1v) is 7.71. The van der Waals surface area contributed by atoms with Crippen molar-refractivity contribution in [1.82, 2.24) is 14.5 Å². The molecule has 0 aliphatic carbocycles. The number of amides is 1. The highest BCUT2D eigenvalue weighted by Gasteiger charge is 2.23. The fourth-order valence-electron chi connectivity index (χ4n) is 2.58. The minimum absolute atomic E-state index is 0. The fourth-order valence-corrected chi connectivity index (χ4v) is 2.98. The van der Waals surface area contributed by atoms with Crippen LogP contribution in [0.2, 0.25) is 0 Å². The third-order valence-electron chi connectivity index (χ3n) is 3.72. The van der Waals surface area contributed by atoms with E-state index in [0.717, 1.165) is 42.2 Å².